The quantitative estimate of drug-likeness (QED) is 0.849. The van der Waals surface area contributed by atoms with Crippen LogP contribution in [0.25, 0.3) is 5.69 Å². The second kappa shape index (κ2) is 6.20. The number of hydrogen-bond donors (Lipinski definition) is 1. The molecule has 0 amide bonds. The molecule has 1 N–H and O–H groups in total. The highest BCUT2D eigenvalue weighted by molar-refractivity contribution is 5.97. The van der Waals surface area contributed by atoms with Gasteiger partial charge in [0.1, 0.15) is 5.69 Å². The minimum Gasteiger partial charge on any atom is -0.379 e. The monoisotopic (exact) mass is 285 g/mol. The molecule has 0 bridgehead atoms. The third-order valence-electron chi connectivity index (χ3n) is 3.78. The Morgan fingerprint density at radius 3 is 2.90 bits per heavy atom. The van der Waals surface area contributed by atoms with Crippen LogP contribution in [-0.4, -0.2) is 41.4 Å². The number of aromatic nitrogens is 2. The Morgan fingerprint density at radius 1 is 1.33 bits per heavy atom. The van der Waals surface area contributed by atoms with Crippen molar-refractivity contribution in [1.29, 1.82) is 0 Å². The molecule has 1 fully saturated rings. The summed E-state index contributed by atoms with van der Waals surface area (Å²) in [5, 5.41) is 7.61. The molecule has 110 valence electrons. The van der Waals surface area contributed by atoms with Gasteiger partial charge in [-0.3, -0.25) is 4.79 Å². The highest BCUT2D eigenvalue weighted by Gasteiger charge is 2.35. The predicted octanol–water partition coefficient (Wildman–Crippen LogP) is 1.68. The average molecular weight is 285 g/mol. The first-order valence-corrected chi connectivity index (χ1v) is 7.26. The molecular weight excluding hydrogens is 266 g/mol. The molecule has 2 unspecified atom stereocenters. The summed E-state index contributed by atoms with van der Waals surface area (Å²) in [5.74, 6) is -0.0658. The summed E-state index contributed by atoms with van der Waals surface area (Å²) in [6.07, 6.45) is 1.66. The first-order valence-electron chi connectivity index (χ1n) is 7.26. The van der Waals surface area contributed by atoms with Crippen molar-refractivity contribution in [3.05, 3.63) is 48.3 Å². The fraction of sp³-hybridized carbons (Fsp3) is 0.375. The molecule has 0 radical (unpaired) electrons. The van der Waals surface area contributed by atoms with Crippen LogP contribution in [0.2, 0.25) is 0 Å². The van der Waals surface area contributed by atoms with E-state index in [2.05, 4.69) is 10.4 Å². The molecule has 2 aromatic rings. The van der Waals surface area contributed by atoms with Gasteiger partial charge in [-0.1, -0.05) is 25.1 Å². The molecule has 1 aromatic heterocycles. The van der Waals surface area contributed by atoms with Crippen molar-refractivity contribution in [2.45, 2.75) is 13.0 Å². The molecule has 5 heteroatoms. The van der Waals surface area contributed by atoms with Gasteiger partial charge in [-0.25, -0.2) is 4.68 Å². The number of nitrogens with one attached hydrogen (secondary N) is 1. The molecule has 1 aliphatic rings. The van der Waals surface area contributed by atoms with E-state index in [0.29, 0.717) is 18.9 Å². The molecule has 2 atom stereocenters. The van der Waals surface area contributed by atoms with Gasteiger partial charge in [0, 0.05) is 6.04 Å². The molecule has 1 aromatic carbocycles. The van der Waals surface area contributed by atoms with E-state index in [-0.39, 0.29) is 17.7 Å². The number of rotatable bonds is 5. The normalized spacial score (nSPS) is 21.6. The summed E-state index contributed by atoms with van der Waals surface area (Å²) in [6.45, 7) is 3.92. The second-order valence-electron chi connectivity index (χ2n) is 5.14. The SMILES string of the molecule is CCNC1COCC1C(=O)c1ccnn1-c1ccccc1. The lowest BCUT2D eigenvalue weighted by Gasteiger charge is -2.17. The first kappa shape index (κ1) is 14.0. The van der Waals surface area contributed by atoms with Crippen molar-refractivity contribution in [3.8, 4) is 5.69 Å². The van der Waals surface area contributed by atoms with Crippen LogP contribution in [0.15, 0.2) is 42.6 Å². The van der Waals surface area contributed by atoms with E-state index in [1.807, 2.05) is 37.3 Å². The Hall–Kier alpha value is -1.98. The number of hydrogen-bond acceptors (Lipinski definition) is 4. The van der Waals surface area contributed by atoms with Crippen LogP contribution in [0.5, 0.6) is 0 Å². The van der Waals surface area contributed by atoms with Crippen LogP contribution >= 0.6 is 0 Å². The number of ether oxygens (including phenoxy) is 1. The first-order chi connectivity index (χ1) is 10.3. The van der Waals surface area contributed by atoms with Crippen molar-refractivity contribution in [1.82, 2.24) is 15.1 Å². The summed E-state index contributed by atoms with van der Waals surface area (Å²) < 4.78 is 7.17. The van der Waals surface area contributed by atoms with Crippen molar-refractivity contribution in [2.24, 2.45) is 5.92 Å². The number of ketones is 1. The molecule has 2 heterocycles. The van der Waals surface area contributed by atoms with E-state index in [1.54, 1.807) is 16.9 Å². The standard InChI is InChI=1S/C16H19N3O2/c1-2-17-14-11-21-10-13(14)16(20)15-8-9-18-19(15)12-6-4-3-5-7-12/h3-9,13-14,17H,2,10-11H2,1H3. The Balaban J connectivity index is 1.88. The molecule has 0 aliphatic carbocycles. The van der Waals surface area contributed by atoms with Crippen LogP contribution in [0, 0.1) is 5.92 Å². The molecule has 5 nitrogen and oxygen atoms in total. The smallest absolute Gasteiger partial charge is 0.188 e. The van der Waals surface area contributed by atoms with Gasteiger partial charge < -0.3 is 10.1 Å². The number of likely N-dealkylation sites (N-methyl/N-ethyl adjacent to an activating group) is 1. The van der Waals surface area contributed by atoms with E-state index in [1.165, 1.54) is 0 Å². The summed E-state index contributed by atoms with van der Waals surface area (Å²) in [5.41, 5.74) is 1.50. The molecule has 1 saturated heterocycles. The van der Waals surface area contributed by atoms with Crippen LogP contribution in [0.4, 0.5) is 0 Å². The number of benzene rings is 1. The second-order valence-corrected chi connectivity index (χ2v) is 5.14. The van der Waals surface area contributed by atoms with Crippen molar-refractivity contribution in [3.63, 3.8) is 0 Å². The van der Waals surface area contributed by atoms with Crippen LogP contribution in [0.3, 0.4) is 0 Å². The van der Waals surface area contributed by atoms with Gasteiger partial charge in [-0.2, -0.15) is 5.10 Å². The predicted molar refractivity (Wildman–Crippen MR) is 79.7 cm³/mol. The summed E-state index contributed by atoms with van der Waals surface area (Å²) in [6, 6.07) is 11.6. The Morgan fingerprint density at radius 2 is 2.14 bits per heavy atom. The maximum atomic E-state index is 12.8. The maximum Gasteiger partial charge on any atom is 0.188 e. The Bertz CT molecular complexity index is 609. The topological polar surface area (TPSA) is 56.1 Å². The lowest BCUT2D eigenvalue weighted by molar-refractivity contribution is 0.0883. The third kappa shape index (κ3) is 2.75. The fourth-order valence-electron chi connectivity index (χ4n) is 2.73. The Labute approximate surface area is 123 Å². The van der Waals surface area contributed by atoms with Gasteiger partial charge in [0.25, 0.3) is 0 Å². The van der Waals surface area contributed by atoms with Crippen molar-refractivity contribution in [2.75, 3.05) is 19.8 Å². The lowest BCUT2D eigenvalue weighted by Crippen LogP contribution is -2.39. The highest BCUT2D eigenvalue weighted by atomic mass is 16.5. The Kier molecular flexibility index (Phi) is 4.13. The van der Waals surface area contributed by atoms with E-state index in [9.17, 15) is 4.79 Å². The average Bonchev–Trinajstić information content (AvgIpc) is 3.17. The molecule has 3 rings (SSSR count). The number of nitrogens with zero attached hydrogens (tertiary/aromatic N) is 2. The fourth-order valence-corrected chi connectivity index (χ4v) is 2.73. The van der Waals surface area contributed by atoms with Crippen LogP contribution in [-0.2, 0) is 4.74 Å². The number of carbonyl (C=O) groups excluding carboxylic acids is 1. The maximum absolute atomic E-state index is 12.8. The van der Waals surface area contributed by atoms with Gasteiger partial charge in [-0.15, -0.1) is 0 Å². The van der Waals surface area contributed by atoms with E-state index >= 15 is 0 Å². The van der Waals surface area contributed by atoms with Crippen LogP contribution < -0.4 is 5.32 Å². The van der Waals surface area contributed by atoms with Crippen molar-refractivity contribution >= 4 is 5.78 Å². The zero-order valence-electron chi connectivity index (χ0n) is 12.0. The summed E-state index contributed by atoms with van der Waals surface area (Å²) in [4.78, 5) is 12.8. The van der Waals surface area contributed by atoms with E-state index in [0.717, 1.165) is 12.2 Å². The molecular formula is C16H19N3O2. The largest absolute Gasteiger partial charge is 0.379 e. The van der Waals surface area contributed by atoms with Gasteiger partial charge >= 0.3 is 0 Å². The van der Waals surface area contributed by atoms with Gasteiger partial charge in [0.05, 0.1) is 31.0 Å². The van der Waals surface area contributed by atoms with Gasteiger partial charge in [0.2, 0.25) is 0 Å². The molecule has 1 aliphatic heterocycles. The molecule has 0 spiro atoms. The summed E-state index contributed by atoms with van der Waals surface area (Å²) in [7, 11) is 0. The van der Waals surface area contributed by atoms with Crippen molar-refractivity contribution < 1.29 is 9.53 Å². The minimum absolute atomic E-state index is 0.0832. The highest BCUT2D eigenvalue weighted by Crippen LogP contribution is 2.21. The minimum atomic E-state index is -0.149. The lowest BCUT2D eigenvalue weighted by atomic mass is 9.96. The number of Topliss-reactive ketones (excluding diaryl/α,β-unsaturated/α-hetero) is 1. The van der Waals surface area contributed by atoms with E-state index < -0.39 is 0 Å². The zero-order valence-corrected chi connectivity index (χ0v) is 12.0. The molecule has 21 heavy (non-hydrogen) atoms. The number of para-hydroxylation sites is 1. The zero-order chi connectivity index (χ0) is 14.7. The third-order valence-corrected chi connectivity index (χ3v) is 3.78. The van der Waals surface area contributed by atoms with Crippen LogP contribution in [0.1, 0.15) is 17.4 Å². The summed E-state index contributed by atoms with van der Waals surface area (Å²) >= 11 is 0. The number of carbonyl (C=O) groups is 1. The van der Waals surface area contributed by atoms with Gasteiger partial charge in [-0.05, 0) is 24.7 Å². The van der Waals surface area contributed by atoms with Gasteiger partial charge in [0.15, 0.2) is 5.78 Å². The van der Waals surface area contributed by atoms with E-state index in [4.69, 9.17) is 4.74 Å². The molecule has 0 saturated carbocycles.